The van der Waals surface area contributed by atoms with Crippen molar-refractivity contribution in [3.8, 4) is 5.75 Å². The van der Waals surface area contributed by atoms with E-state index in [4.69, 9.17) is 16.3 Å². The number of hydrogen-bond donors (Lipinski definition) is 1. The lowest BCUT2D eigenvalue weighted by molar-refractivity contribution is 0.414. The minimum Gasteiger partial charge on any atom is -0.497 e. The van der Waals surface area contributed by atoms with Crippen LogP contribution in [0.3, 0.4) is 0 Å². The van der Waals surface area contributed by atoms with E-state index >= 15 is 0 Å². The Hall–Kier alpha value is -1.51. The highest BCUT2D eigenvalue weighted by Crippen LogP contribution is 2.18. The molecule has 2 aromatic carbocycles. The smallest absolute Gasteiger partial charge is 0.118 e. The Kier molecular flexibility index (Phi) is 5.66. The molecule has 0 aromatic heterocycles. The maximum absolute atomic E-state index is 5.91. The van der Waals surface area contributed by atoms with Gasteiger partial charge in [-0.15, -0.1) is 0 Å². The highest BCUT2D eigenvalue weighted by Gasteiger charge is 2.10. The molecule has 0 radical (unpaired) electrons. The minimum atomic E-state index is 0.304. The van der Waals surface area contributed by atoms with E-state index in [-0.39, 0.29) is 0 Å². The standard InChI is InChI=1S/C18H22ClNO/c1-13(12-15-4-8-17(19)9-5-15)20-14(2)16-6-10-18(21-3)11-7-16/h4-11,13-14,20H,12H2,1-3H3/t13?,14-/m1/s1. The van der Waals surface area contributed by atoms with Gasteiger partial charge in [0, 0.05) is 17.1 Å². The number of methoxy groups -OCH3 is 1. The molecule has 1 N–H and O–H groups in total. The summed E-state index contributed by atoms with van der Waals surface area (Å²) in [5.74, 6) is 0.889. The van der Waals surface area contributed by atoms with Gasteiger partial charge in [-0.25, -0.2) is 0 Å². The molecule has 21 heavy (non-hydrogen) atoms. The van der Waals surface area contributed by atoms with Crippen LogP contribution in [0.1, 0.15) is 31.0 Å². The average molecular weight is 304 g/mol. The molecule has 0 saturated heterocycles. The van der Waals surface area contributed by atoms with Crippen LogP contribution < -0.4 is 10.1 Å². The lowest BCUT2D eigenvalue weighted by Crippen LogP contribution is -2.30. The summed E-state index contributed by atoms with van der Waals surface area (Å²) in [6.07, 6.45) is 0.984. The van der Waals surface area contributed by atoms with Crippen LogP contribution in [0.25, 0.3) is 0 Å². The fourth-order valence-electron chi connectivity index (χ4n) is 2.45. The molecule has 3 heteroatoms. The zero-order chi connectivity index (χ0) is 15.2. The highest BCUT2D eigenvalue weighted by atomic mass is 35.5. The van der Waals surface area contributed by atoms with Crippen molar-refractivity contribution in [1.29, 1.82) is 0 Å². The molecule has 0 aliphatic carbocycles. The second kappa shape index (κ2) is 7.48. The third-order valence-corrected chi connectivity index (χ3v) is 3.86. The van der Waals surface area contributed by atoms with Crippen molar-refractivity contribution >= 4 is 11.6 Å². The Labute approximate surface area is 132 Å². The third-order valence-electron chi connectivity index (χ3n) is 3.61. The fraction of sp³-hybridized carbons (Fsp3) is 0.333. The van der Waals surface area contributed by atoms with E-state index in [1.165, 1.54) is 11.1 Å². The molecule has 0 aliphatic rings. The van der Waals surface area contributed by atoms with Crippen molar-refractivity contribution in [2.75, 3.05) is 7.11 Å². The number of rotatable bonds is 6. The average Bonchev–Trinajstić information content (AvgIpc) is 2.49. The van der Waals surface area contributed by atoms with Gasteiger partial charge in [-0.05, 0) is 55.7 Å². The van der Waals surface area contributed by atoms with Gasteiger partial charge in [-0.2, -0.15) is 0 Å². The van der Waals surface area contributed by atoms with Gasteiger partial charge >= 0.3 is 0 Å². The lowest BCUT2D eigenvalue weighted by atomic mass is 10.0. The molecule has 112 valence electrons. The summed E-state index contributed by atoms with van der Waals surface area (Å²) in [6, 6.07) is 16.9. The fourth-order valence-corrected chi connectivity index (χ4v) is 2.57. The summed E-state index contributed by atoms with van der Waals surface area (Å²) in [5, 5.41) is 4.41. The molecular weight excluding hydrogens is 282 g/mol. The summed E-state index contributed by atoms with van der Waals surface area (Å²) in [7, 11) is 1.69. The molecule has 0 aliphatic heterocycles. The van der Waals surface area contributed by atoms with E-state index in [0.717, 1.165) is 17.2 Å². The van der Waals surface area contributed by atoms with Crippen LogP contribution in [0.15, 0.2) is 48.5 Å². The molecular formula is C18H22ClNO. The monoisotopic (exact) mass is 303 g/mol. The molecule has 0 bridgehead atoms. The van der Waals surface area contributed by atoms with Gasteiger partial charge in [-0.3, -0.25) is 0 Å². The molecule has 0 saturated carbocycles. The molecule has 0 spiro atoms. The Morgan fingerprint density at radius 1 is 1.00 bits per heavy atom. The van der Waals surface area contributed by atoms with E-state index in [2.05, 4.69) is 43.4 Å². The molecule has 1 unspecified atom stereocenters. The van der Waals surface area contributed by atoms with Crippen LogP contribution in [0, 0.1) is 0 Å². The number of halogens is 1. The zero-order valence-electron chi connectivity index (χ0n) is 12.8. The maximum atomic E-state index is 5.91. The van der Waals surface area contributed by atoms with E-state index in [1.54, 1.807) is 7.11 Å². The predicted octanol–water partition coefficient (Wildman–Crippen LogP) is 4.63. The van der Waals surface area contributed by atoms with E-state index < -0.39 is 0 Å². The number of nitrogens with one attached hydrogen (secondary N) is 1. The maximum Gasteiger partial charge on any atom is 0.118 e. The topological polar surface area (TPSA) is 21.3 Å². The van der Waals surface area contributed by atoms with Gasteiger partial charge in [0.1, 0.15) is 5.75 Å². The van der Waals surface area contributed by atoms with Crippen molar-refractivity contribution in [2.45, 2.75) is 32.4 Å². The van der Waals surface area contributed by atoms with E-state index in [1.807, 2.05) is 24.3 Å². The molecule has 0 amide bonds. The van der Waals surface area contributed by atoms with Gasteiger partial charge < -0.3 is 10.1 Å². The largest absolute Gasteiger partial charge is 0.497 e. The van der Waals surface area contributed by atoms with Crippen LogP contribution >= 0.6 is 11.6 Å². The second-order valence-corrected chi connectivity index (χ2v) is 5.83. The van der Waals surface area contributed by atoms with Crippen molar-refractivity contribution in [3.05, 3.63) is 64.7 Å². The quantitative estimate of drug-likeness (QED) is 0.840. The molecule has 2 atom stereocenters. The van der Waals surface area contributed by atoms with Crippen LogP contribution in [0.5, 0.6) is 5.75 Å². The summed E-state index contributed by atoms with van der Waals surface area (Å²) >= 11 is 5.91. The number of hydrogen-bond acceptors (Lipinski definition) is 2. The van der Waals surface area contributed by atoms with Gasteiger partial charge in [-0.1, -0.05) is 35.9 Å². The first-order chi connectivity index (χ1) is 10.1. The first kappa shape index (κ1) is 15.9. The van der Waals surface area contributed by atoms with E-state index in [9.17, 15) is 0 Å². The number of ether oxygens (including phenoxy) is 1. The van der Waals surface area contributed by atoms with Crippen LogP contribution in [0.4, 0.5) is 0 Å². The van der Waals surface area contributed by atoms with E-state index in [0.29, 0.717) is 12.1 Å². The second-order valence-electron chi connectivity index (χ2n) is 5.39. The summed E-state index contributed by atoms with van der Waals surface area (Å²) in [5.41, 5.74) is 2.56. The molecule has 2 rings (SSSR count). The van der Waals surface area contributed by atoms with Gasteiger partial charge in [0.05, 0.1) is 7.11 Å². The molecule has 2 nitrogen and oxygen atoms in total. The van der Waals surface area contributed by atoms with Gasteiger partial charge in [0.2, 0.25) is 0 Å². The van der Waals surface area contributed by atoms with Crippen LogP contribution in [-0.2, 0) is 6.42 Å². The highest BCUT2D eigenvalue weighted by molar-refractivity contribution is 6.30. The summed E-state index contributed by atoms with van der Waals surface area (Å²) in [6.45, 7) is 4.38. The minimum absolute atomic E-state index is 0.304. The van der Waals surface area contributed by atoms with Crippen molar-refractivity contribution in [2.24, 2.45) is 0 Å². The zero-order valence-corrected chi connectivity index (χ0v) is 13.5. The predicted molar refractivity (Wildman–Crippen MR) is 89.2 cm³/mol. The Morgan fingerprint density at radius 2 is 1.62 bits per heavy atom. The molecule has 2 aromatic rings. The lowest BCUT2D eigenvalue weighted by Gasteiger charge is -2.20. The Bertz CT molecular complexity index is 550. The Morgan fingerprint density at radius 3 is 2.19 bits per heavy atom. The number of benzene rings is 2. The summed E-state index contributed by atoms with van der Waals surface area (Å²) < 4.78 is 5.19. The van der Waals surface area contributed by atoms with Gasteiger partial charge in [0.15, 0.2) is 0 Å². The first-order valence-electron chi connectivity index (χ1n) is 7.23. The first-order valence-corrected chi connectivity index (χ1v) is 7.60. The summed E-state index contributed by atoms with van der Waals surface area (Å²) in [4.78, 5) is 0. The Balaban J connectivity index is 1.91. The molecule has 0 fully saturated rings. The van der Waals surface area contributed by atoms with Crippen molar-refractivity contribution in [3.63, 3.8) is 0 Å². The van der Waals surface area contributed by atoms with Crippen molar-refractivity contribution < 1.29 is 4.74 Å². The van der Waals surface area contributed by atoms with Crippen LogP contribution in [0.2, 0.25) is 5.02 Å². The van der Waals surface area contributed by atoms with Crippen molar-refractivity contribution in [1.82, 2.24) is 5.32 Å². The molecule has 0 heterocycles. The normalized spacial score (nSPS) is 13.7. The van der Waals surface area contributed by atoms with Gasteiger partial charge in [0.25, 0.3) is 0 Å². The third kappa shape index (κ3) is 4.76. The SMILES string of the molecule is COc1ccc([C@@H](C)NC(C)Cc2ccc(Cl)cc2)cc1. The van der Waals surface area contributed by atoms with Crippen LogP contribution in [-0.4, -0.2) is 13.2 Å².